The van der Waals surface area contributed by atoms with Gasteiger partial charge in [0.1, 0.15) is 24.2 Å². The van der Waals surface area contributed by atoms with E-state index in [0.717, 1.165) is 18.2 Å². The molecule has 2 aliphatic rings. The Bertz CT molecular complexity index is 1250. The number of rotatable bonds is 4. The second kappa shape index (κ2) is 11.4. The van der Waals surface area contributed by atoms with Crippen LogP contribution in [0.15, 0.2) is 30.5 Å². The Hall–Kier alpha value is -3.69. The standard InChI is InChI=1S/C28H37N5O5/c1-5-16(2)24-28(38)32-13-9-8-12-23(32)27(37)29-17(3)25(35)30-21(26(36)31-24)14-19-15-33(18(4)34)22-11-7-6-10-20(19)22/h6-7,10-11,15-17,21,23-24H,5,8-9,12-14H2,1-4H3,(H,29,37)(H,30,35)(H,31,36)/t16?,17-,21?,23+,24-/m0/s1. The van der Waals surface area contributed by atoms with Gasteiger partial charge in [-0.05, 0) is 43.7 Å². The average molecular weight is 524 g/mol. The number of amides is 4. The monoisotopic (exact) mass is 523 g/mol. The first-order valence-electron chi connectivity index (χ1n) is 13.4. The summed E-state index contributed by atoms with van der Waals surface area (Å²) < 4.78 is 1.52. The van der Waals surface area contributed by atoms with Gasteiger partial charge >= 0.3 is 0 Å². The lowest BCUT2D eigenvalue weighted by Crippen LogP contribution is -2.64. The van der Waals surface area contributed by atoms with Crippen molar-refractivity contribution in [3.63, 3.8) is 0 Å². The maximum absolute atomic E-state index is 13.8. The van der Waals surface area contributed by atoms with Crippen molar-refractivity contribution in [2.45, 2.75) is 84.0 Å². The van der Waals surface area contributed by atoms with Crippen LogP contribution in [-0.4, -0.2) is 69.7 Å². The molecule has 0 aliphatic carbocycles. The molecule has 38 heavy (non-hydrogen) atoms. The molecular formula is C28H37N5O5. The Labute approximate surface area is 222 Å². The van der Waals surface area contributed by atoms with E-state index in [-0.39, 0.29) is 30.1 Å². The molecule has 3 heterocycles. The van der Waals surface area contributed by atoms with Gasteiger partial charge in [-0.1, -0.05) is 38.5 Å². The van der Waals surface area contributed by atoms with Crippen molar-refractivity contribution in [1.82, 2.24) is 25.4 Å². The topological polar surface area (TPSA) is 130 Å². The predicted octanol–water partition coefficient (Wildman–Crippen LogP) is 1.76. The minimum Gasteiger partial charge on any atom is -0.343 e. The number of hydrogen-bond acceptors (Lipinski definition) is 5. The molecule has 0 bridgehead atoms. The first-order valence-corrected chi connectivity index (χ1v) is 13.4. The Balaban J connectivity index is 1.72. The van der Waals surface area contributed by atoms with Crippen molar-refractivity contribution < 1.29 is 24.0 Å². The minimum absolute atomic E-state index is 0.104. The van der Waals surface area contributed by atoms with Crippen molar-refractivity contribution in [2.75, 3.05) is 6.54 Å². The van der Waals surface area contributed by atoms with Crippen molar-refractivity contribution in [1.29, 1.82) is 0 Å². The number of hydrogen-bond donors (Lipinski definition) is 3. The zero-order valence-electron chi connectivity index (χ0n) is 22.5. The van der Waals surface area contributed by atoms with Gasteiger partial charge < -0.3 is 20.9 Å². The van der Waals surface area contributed by atoms with Gasteiger partial charge in [-0.3, -0.25) is 28.5 Å². The van der Waals surface area contributed by atoms with Crippen LogP contribution < -0.4 is 16.0 Å². The lowest BCUT2D eigenvalue weighted by Gasteiger charge is -2.39. The summed E-state index contributed by atoms with van der Waals surface area (Å²) in [7, 11) is 0. The third kappa shape index (κ3) is 5.44. The number of benzene rings is 1. The zero-order valence-corrected chi connectivity index (χ0v) is 22.5. The lowest BCUT2D eigenvalue weighted by molar-refractivity contribution is -0.147. The fourth-order valence-corrected chi connectivity index (χ4v) is 5.36. The van der Waals surface area contributed by atoms with Gasteiger partial charge in [0.2, 0.25) is 29.5 Å². The summed E-state index contributed by atoms with van der Waals surface area (Å²) >= 11 is 0. The predicted molar refractivity (Wildman–Crippen MR) is 142 cm³/mol. The number of carbonyl (C=O) groups excluding carboxylic acids is 5. The summed E-state index contributed by atoms with van der Waals surface area (Å²) in [6.07, 6.45) is 4.52. The van der Waals surface area contributed by atoms with Crippen LogP contribution in [0, 0.1) is 5.92 Å². The Morgan fingerprint density at radius 3 is 2.47 bits per heavy atom. The summed E-state index contributed by atoms with van der Waals surface area (Å²) in [5, 5.41) is 9.24. The van der Waals surface area contributed by atoms with E-state index >= 15 is 0 Å². The largest absolute Gasteiger partial charge is 0.343 e. The van der Waals surface area contributed by atoms with Crippen LogP contribution in [-0.2, 0) is 25.6 Å². The lowest BCUT2D eigenvalue weighted by atomic mass is 9.93. The normalized spacial score (nSPS) is 25.9. The van der Waals surface area contributed by atoms with Crippen LogP contribution in [0.2, 0.25) is 0 Å². The van der Waals surface area contributed by atoms with Gasteiger partial charge in [-0.2, -0.15) is 0 Å². The van der Waals surface area contributed by atoms with Crippen LogP contribution in [0.3, 0.4) is 0 Å². The van der Waals surface area contributed by atoms with E-state index in [1.54, 1.807) is 18.0 Å². The Kier molecular flexibility index (Phi) is 8.18. The van der Waals surface area contributed by atoms with Crippen LogP contribution in [0.1, 0.15) is 63.7 Å². The number of fused-ring (bicyclic) bond motifs is 2. The van der Waals surface area contributed by atoms with Crippen LogP contribution >= 0.6 is 0 Å². The van der Waals surface area contributed by atoms with Gasteiger partial charge in [-0.15, -0.1) is 0 Å². The first-order chi connectivity index (χ1) is 18.1. The summed E-state index contributed by atoms with van der Waals surface area (Å²) in [5.74, 6) is -1.98. The Morgan fingerprint density at radius 1 is 1.03 bits per heavy atom. The van der Waals surface area contributed by atoms with Crippen LogP contribution in [0.5, 0.6) is 0 Å². The van der Waals surface area contributed by atoms with E-state index in [0.29, 0.717) is 30.5 Å². The summed E-state index contributed by atoms with van der Waals surface area (Å²) in [6.45, 7) is 7.28. The van der Waals surface area contributed by atoms with Crippen molar-refractivity contribution >= 4 is 40.4 Å². The molecule has 0 saturated carbocycles. The van der Waals surface area contributed by atoms with E-state index in [2.05, 4.69) is 16.0 Å². The second-order valence-electron chi connectivity index (χ2n) is 10.5. The molecule has 2 unspecified atom stereocenters. The maximum atomic E-state index is 13.8. The summed E-state index contributed by atoms with van der Waals surface area (Å²) in [4.78, 5) is 67.6. The SMILES string of the molecule is CCC(C)[C@@H]1NC(=O)C(Cc2cn(C(C)=O)c3ccccc23)NC(=O)[C@H](C)NC(=O)[C@H]2CCCCN2C1=O. The molecule has 204 valence electrons. The van der Waals surface area contributed by atoms with Crippen molar-refractivity contribution in [3.8, 4) is 0 Å². The number of piperidine rings is 1. The first kappa shape index (κ1) is 27.3. The van der Waals surface area contributed by atoms with Crippen molar-refractivity contribution in [3.05, 3.63) is 36.0 Å². The molecule has 1 aromatic heterocycles. The van der Waals surface area contributed by atoms with Crippen LogP contribution in [0.25, 0.3) is 10.9 Å². The highest BCUT2D eigenvalue weighted by Crippen LogP contribution is 2.24. The van der Waals surface area contributed by atoms with Gasteiger partial charge in [0.15, 0.2) is 0 Å². The highest BCUT2D eigenvalue weighted by Gasteiger charge is 2.40. The molecule has 2 fully saturated rings. The molecule has 2 aliphatic heterocycles. The quantitative estimate of drug-likeness (QED) is 0.562. The third-order valence-electron chi connectivity index (χ3n) is 7.81. The number of para-hydroxylation sites is 1. The van der Waals surface area contributed by atoms with E-state index in [1.807, 2.05) is 38.1 Å². The summed E-state index contributed by atoms with van der Waals surface area (Å²) in [6, 6.07) is 3.92. The fourth-order valence-electron chi connectivity index (χ4n) is 5.36. The highest BCUT2D eigenvalue weighted by molar-refractivity contribution is 5.98. The van der Waals surface area contributed by atoms with Crippen LogP contribution in [0.4, 0.5) is 0 Å². The number of carbonyl (C=O) groups is 5. The van der Waals surface area contributed by atoms with Gasteiger partial charge in [0.25, 0.3) is 0 Å². The molecule has 3 N–H and O–H groups in total. The molecule has 4 rings (SSSR count). The fraction of sp³-hybridized carbons (Fsp3) is 0.536. The molecule has 0 radical (unpaired) electrons. The number of aromatic nitrogens is 1. The average Bonchev–Trinajstić information content (AvgIpc) is 3.28. The van der Waals surface area contributed by atoms with Gasteiger partial charge in [0, 0.05) is 31.5 Å². The third-order valence-corrected chi connectivity index (χ3v) is 7.81. The number of nitrogens with one attached hydrogen (secondary N) is 3. The van der Waals surface area contributed by atoms with E-state index in [9.17, 15) is 24.0 Å². The van der Waals surface area contributed by atoms with E-state index in [1.165, 1.54) is 11.5 Å². The molecular weight excluding hydrogens is 486 g/mol. The maximum Gasteiger partial charge on any atom is 0.246 e. The summed E-state index contributed by atoms with van der Waals surface area (Å²) in [5.41, 5.74) is 1.42. The second-order valence-corrected chi connectivity index (χ2v) is 10.5. The Morgan fingerprint density at radius 2 is 1.76 bits per heavy atom. The molecule has 1 aromatic carbocycles. The molecule has 10 nitrogen and oxygen atoms in total. The van der Waals surface area contributed by atoms with Crippen molar-refractivity contribution in [2.24, 2.45) is 5.92 Å². The number of nitrogens with zero attached hydrogens (tertiary/aromatic N) is 2. The smallest absolute Gasteiger partial charge is 0.246 e. The van der Waals surface area contributed by atoms with Gasteiger partial charge in [-0.25, -0.2) is 0 Å². The van der Waals surface area contributed by atoms with Gasteiger partial charge in [0.05, 0.1) is 5.52 Å². The zero-order chi connectivity index (χ0) is 27.6. The van der Waals surface area contributed by atoms with E-state index in [4.69, 9.17) is 0 Å². The highest BCUT2D eigenvalue weighted by atomic mass is 16.2. The van der Waals surface area contributed by atoms with E-state index < -0.39 is 36.0 Å². The molecule has 0 spiro atoms. The molecule has 5 atom stereocenters. The molecule has 4 amide bonds. The minimum atomic E-state index is -1.02. The molecule has 2 saturated heterocycles. The molecule has 10 heteroatoms. The molecule has 2 aromatic rings.